The number of amides is 2. The molecule has 2 saturated heterocycles. The number of nitrogens with one attached hydrogen (secondary N) is 1. The second-order valence-electron chi connectivity index (χ2n) is 3.30. The number of carboxylic acid groups (broad SMARTS) is 1. The van der Waals surface area contributed by atoms with Crippen LogP contribution in [0.2, 0.25) is 0 Å². The smallest absolute Gasteiger partial charge is 0.407 e. The van der Waals surface area contributed by atoms with Gasteiger partial charge in [-0.3, -0.25) is 4.79 Å². The van der Waals surface area contributed by atoms with Crippen molar-refractivity contribution < 1.29 is 14.7 Å². The minimum atomic E-state index is -0.919. The first kappa shape index (κ1) is 7.39. The quantitative estimate of drug-likeness (QED) is 0.507. The van der Waals surface area contributed by atoms with E-state index < -0.39 is 6.09 Å². The molecule has 5 heteroatoms. The summed E-state index contributed by atoms with van der Waals surface area (Å²) in [4.78, 5) is 22.9. The van der Waals surface area contributed by atoms with Crippen LogP contribution in [-0.4, -0.2) is 41.6 Å². The Morgan fingerprint density at radius 1 is 1.58 bits per heavy atom. The van der Waals surface area contributed by atoms with Crippen LogP contribution in [-0.2, 0) is 4.79 Å². The van der Waals surface area contributed by atoms with Gasteiger partial charge in [0.1, 0.15) is 0 Å². The Labute approximate surface area is 69.3 Å². The average Bonchev–Trinajstić information content (AvgIpc) is 2.53. The van der Waals surface area contributed by atoms with Gasteiger partial charge in [0.15, 0.2) is 0 Å². The Morgan fingerprint density at radius 2 is 2.33 bits per heavy atom. The maximum Gasteiger partial charge on any atom is 0.407 e. The highest BCUT2D eigenvalue weighted by atomic mass is 16.4. The van der Waals surface area contributed by atoms with Gasteiger partial charge in [-0.15, -0.1) is 0 Å². The molecule has 2 atom stereocenters. The highest BCUT2D eigenvalue weighted by molar-refractivity contribution is 5.83. The predicted octanol–water partition coefficient (Wildman–Crippen LogP) is -0.658. The molecule has 0 aromatic heterocycles. The molecule has 0 saturated carbocycles. The second-order valence-corrected chi connectivity index (χ2v) is 3.30. The van der Waals surface area contributed by atoms with Crippen LogP contribution in [0.3, 0.4) is 0 Å². The summed E-state index contributed by atoms with van der Waals surface area (Å²) in [7, 11) is 0. The van der Waals surface area contributed by atoms with E-state index in [4.69, 9.17) is 5.11 Å². The summed E-state index contributed by atoms with van der Waals surface area (Å²) in [5.41, 5.74) is 0. The van der Waals surface area contributed by atoms with Gasteiger partial charge in [0.2, 0.25) is 5.91 Å². The van der Waals surface area contributed by atoms with Crippen molar-refractivity contribution in [2.24, 2.45) is 11.8 Å². The zero-order valence-corrected chi connectivity index (χ0v) is 6.49. The summed E-state index contributed by atoms with van der Waals surface area (Å²) >= 11 is 0. The van der Waals surface area contributed by atoms with Crippen LogP contribution in [0, 0.1) is 11.8 Å². The zero-order valence-electron chi connectivity index (χ0n) is 6.49. The molecule has 2 amide bonds. The molecule has 2 N–H and O–H groups in total. The molecule has 2 fully saturated rings. The molecule has 5 nitrogen and oxygen atoms in total. The van der Waals surface area contributed by atoms with Crippen molar-refractivity contribution in [3.63, 3.8) is 0 Å². The molecule has 0 bridgehead atoms. The van der Waals surface area contributed by atoms with Gasteiger partial charge in [0.25, 0.3) is 0 Å². The van der Waals surface area contributed by atoms with Crippen LogP contribution in [0.4, 0.5) is 4.79 Å². The van der Waals surface area contributed by atoms with Crippen molar-refractivity contribution in [3.05, 3.63) is 0 Å². The lowest BCUT2D eigenvalue weighted by Gasteiger charge is -2.11. The second kappa shape index (κ2) is 2.36. The third kappa shape index (κ3) is 0.929. The van der Waals surface area contributed by atoms with E-state index in [1.807, 2.05) is 0 Å². The van der Waals surface area contributed by atoms with Gasteiger partial charge in [-0.1, -0.05) is 0 Å². The standard InChI is InChI=1S/C7H10N2O3/c10-6-5-3-9(7(11)12)2-4(5)1-8-6/h4-5H,1-3H2,(H,8,10)(H,11,12)/t4-,5+/m1/s1. The van der Waals surface area contributed by atoms with Crippen molar-refractivity contribution in [1.82, 2.24) is 10.2 Å². The molecule has 12 heavy (non-hydrogen) atoms. The number of likely N-dealkylation sites (tertiary alicyclic amines) is 1. The monoisotopic (exact) mass is 170 g/mol. The molecule has 0 radical (unpaired) electrons. The van der Waals surface area contributed by atoms with Crippen molar-refractivity contribution in [3.8, 4) is 0 Å². The Balaban J connectivity index is 2.07. The molecular weight excluding hydrogens is 160 g/mol. The first-order valence-corrected chi connectivity index (χ1v) is 3.94. The molecule has 0 aromatic carbocycles. The van der Waals surface area contributed by atoms with Gasteiger partial charge >= 0.3 is 6.09 Å². The van der Waals surface area contributed by atoms with Crippen LogP contribution < -0.4 is 5.32 Å². The summed E-state index contributed by atoms with van der Waals surface area (Å²) in [5, 5.41) is 11.4. The number of rotatable bonds is 0. The molecular formula is C7H10N2O3. The van der Waals surface area contributed by atoms with Crippen molar-refractivity contribution in [1.29, 1.82) is 0 Å². The van der Waals surface area contributed by atoms with E-state index in [2.05, 4.69) is 5.32 Å². The van der Waals surface area contributed by atoms with Crippen LogP contribution in [0.5, 0.6) is 0 Å². The van der Waals surface area contributed by atoms with Crippen LogP contribution >= 0.6 is 0 Å². The average molecular weight is 170 g/mol. The lowest BCUT2D eigenvalue weighted by molar-refractivity contribution is -0.122. The van der Waals surface area contributed by atoms with Crippen LogP contribution in [0.25, 0.3) is 0 Å². The number of carbonyl (C=O) groups is 2. The Morgan fingerprint density at radius 3 is 2.92 bits per heavy atom. The minimum absolute atomic E-state index is 0.00347. The SMILES string of the molecule is O=C1NC[C@@H]2CN(C(=O)O)C[C@H]12. The Kier molecular flexibility index (Phi) is 1.46. The molecule has 0 aromatic rings. The highest BCUT2D eigenvalue weighted by Gasteiger charge is 2.43. The van der Waals surface area contributed by atoms with Crippen molar-refractivity contribution in [2.45, 2.75) is 0 Å². The molecule has 0 aliphatic carbocycles. The molecule has 0 spiro atoms. The van der Waals surface area contributed by atoms with E-state index in [1.54, 1.807) is 0 Å². The van der Waals surface area contributed by atoms with Gasteiger partial charge in [-0.2, -0.15) is 0 Å². The number of nitrogens with zero attached hydrogens (tertiary/aromatic N) is 1. The van der Waals surface area contributed by atoms with E-state index in [0.29, 0.717) is 19.6 Å². The number of hydrogen-bond donors (Lipinski definition) is 2. The fraction of sp³-hybridized carbons (Fsp3) is 0.714. The molecule has 66 valence electrons. The molecule has 2 rings (SSSR count). The van der Waals surface area contributed by atoms with E-state index >= 15 is 0 Å². The third-order valence-electron chi connectivity index (χ3n) is 2.59. The minimum Gasteiger partial charge on any atom is -0.465 e. The fourth-order valence-corrected chi connectivity index (χ4v) is 1.89. The largest absolute Gasteiger partial charge is 0.465 e. The van der Waals surface area contributed by atoms with E-state index in [9.17, 15) is 9.59 Å². The Bertz CT molecular complexity index is 241. The normalized spacial score (nSPS) is 33.3. The van der Waals surface area contributed by atoms with Crippen molar-refractivity contribution in [2.75, 3.05) is 19.6 Å². The first-order valence-electron chi connectivity index (χ1n) is 3.94. The summed E-state index contributed by atoms with van der Waals surface area (Å²) in [6, 6.07) is 0. The number of hydrogen-bond acceptors (Lipinski definition) is 2. The summed E-state index contributed by atoms with van der Waals surface area (Å²) in [5.74, 6) is 0.110. The van der Waals surface area contributed by atoms with Gasteiger partial charge in [-0.05, 0) is 0 Å². The highest BCUT2D eigenvalue weighted by Crippen LogP contribution is 2.26. The molecule has 2 aliphatic rings. The molecule has 2 aliphatic heterocycles. The topological polar surface area (TPSA) is 69.6 Å². The number of carbonyl (C=O) groups excluding carboxylic acids is 1. The van der Waals surface area contributed by atoms with Crippen LogP contribution in [0.1, 0.15) is 0 Å². The van der Waals surface area contributed by atoms with Gasteiger partial charge in [0, 0.05) is 25.6 Å². The lowest BCUT2D eigenvalue weighted by Crippen LogP contribution is -2.32. The maximum atomic E-state index is 11.1. The summed E-state index contributed by atoms with van der Waals surface area (Å²) < 4.78 is 0. The van der Waals surface area contributed by atoms with E-state index in [1.165, 1.54) is 4.90 Å². The summed E-state index contributed by atoms with van der Waals surface area (Å²) in [6.07, 6.45) is -0.919. The van der Waals surface area contributed by atoms with Gasteiger partial charge < -0.3 is 15.3 Å². The third-order valence-corrected chi connectivity index (χ3v) is 2.59. The van der Waals surface area contributed by atoms with E-state index in [-0.39, 0.29) is 17.7 Å². The fourth-order valence-electron chi connectivity index (χ4n) is 1.89. The van der Waals surface area contributed by atoms with Crippen LogP contribution in [0.15, 0.2) is 0 Å². The predicted molar refractivity (Wildman–Crippen MR) is 39.6 cm³/mol. The van der Waals surface area contributed by atoms with E-state index in [0.717, 1.165) is 0 Å². The first-order chi connectivity index (χ1) is 5.68. The lowest BCUT2D eigenvalue weighted by atomic mass is 10.0. The summed E-state index contributed by atoms with van der Waals surface area (Å²) in [6.45, 7) is 1.50. The molecule has 0 unspecified atom stereocenters. The van der Waals surface area contributed by atoms with Gasteiger partial charge in [0.05, 0.1) is 5.92 Å². The maximum absolute atomic E-state index is 11.1. The van der Waals surface area contributed by atoms with Gasteiger partial charge in [-0.25, -0.2) is 4.79 Å². The zero-order chi connectivity index (χ0) is 8.72. The van der Waals surface area contributed by atoms with Crippen molar-refractivity contribution >= 4 is 12.0 Å². The number of fused-ring (bicyclic) bond motifs is 1. The Hall–Kier alpha value is -1.26. The molecule has 2 heterocycles.